The number of aryl methyl sites for hydroxylation is 2. The van der Waals surface area contributed by atoms with Gasteiger partial charge in [-0.2, -0.15) is 10.2 Å². The first-order valence-electron chi connectivity index (χ1n) is 7.60. The van der Waals surface area contributed by atoms with E-state index in [-0.39, 0.29) is 18.3 Å². The van der Waals surface area contributed by atoms with Crippen molar-refractivity contribution in [1.82, 2.24) is 20.8 Å². The van der Waals surface area contributed by atoms with Crippen LogP contribution in [0.5, 0.6) is 0 Å². The van der Waals surface area contributed by atoms with Crippen molar-refractivity contribution in [2.24, 2.45) is 0 Å². The van der Waals surface area contributed by atoms with Gasteiger partial charge in [0, 0.05) is 19.6 Å². The van der Waals surface area contributed by atoms with Gasteiger partial charge in [-0.05, 0) is 36.1 Å². The van der Waals surface area contributed by atoms with Gasteiger partial charge in [-0.1, -0.05) is 25.1 Å². The van der Waals surface area contributed by atoms with Crippen LogP contribution in [0.25, 0.3) is 0 Å². The van der Waals surface area contributed by atoms with Crippen molar-refractivity contribution in [3.63, 3.8) is 0 Å². The minimum absolute atomic E-state index is 0. The molecule has 5 nitrogen and oxygen atoms in total. The molecular formula is C17H21ClN4O. The normalized spacial score (nSPS) is 12.4. The molecule has 0 spiro atoms. The van der Waals surface area contributed by atoms with Crippen LogP contribution in [0.4, 0.5) is 0 Å². The average Bonchev–Trinajstić information content (AvgIpc) is 3.00. The Hall–Kier alpha value is -1.98. The molecule has 2 aromatic rings. The Balaban J connectivity index is 0.00000192. The summed E-state index contributed by atoms with van der Waals surface area (Å²) in [5.74, 6) is -0.0894. The molecule has 1 amide bonds. The first-order valence-corrected chi connectivity index (χ1v) is 7.60. The Labute approximate surface area is 142 Å². The maximum Gasteiger partial charge on any atom is 0.253 e. The molecule has 2 heterocycles. The SMILES string of the molecule is CCc1nnc(C)cc1C(=O)NCc1ccc2c(c1)CNC2.Cl. The fourth-order valence-corrected chi connectivity index (χ4v) is 2.71. The second-order valence-corrected chi connectivity index (χ2v) is 5.59. The van der Waals surface area contributed by atoms with Crippen LogP contribution >= 0.6 is 12.4 Å². The first kappa shape index (κ1) is 17.4. The zero-order valence-electron chi connectivity index (χ0n) is 13.3. The summed E-state index contributed by atoms with van der Waals surface area (Å²) < 4.78 is 0. The minimum Gasteiger partial charge on any atom is -0.348 e. The molecule has 122 valence electrons. The number of hydrogen-bond donors (Lipinski definition) is 2. The molecule has 2 N–H and O–H groups in total. The maximum absolute atomic E-state index is 12.4. The molecule has 0 saturated heterocycles. The number of hydrogen-bond acceptors (Lipinski definition) is 4. The molecule has 1 aromatic heterocycles. The lowest BCUT2D eigenvalue weighted by molar-refractivity contribution is 0.0949. The molecular weight excluding hydrogens is 312 g/mol. The predicted octanol–water partition coefficient (Wildman–Crippen LogP) is 2.30. The third-order valence-corrected chi connectivity index (χ3v) is 3.93. The van der Waals surface area contributed by atoms with Crippen molar-refractivity contribution in [3.8, 4) is 0 Å². The zero-order chi connectivity index (χ0) is 15.5. The molecule has 3 rings (SSSR count). The number of nitrogens with one attached hydrogen (secondary N) is 2. The van der Waals surface area contributed by atoms with Gasteiger partial charge in [-0.25, -0.2) is 0 Å². The molecule has 0 atom stereocenters. The molecule has 0 saturated carbocycles. The molecule has 23 heavy (non-hydrogen) atoms. The lowest BCUT2D eigenvalue weighted by atomic mass is 10.1. The van der Waals surface area contributed by atoms with Crippen LogP contribution in [0.2, 0.25) is 0 Å². The smallest absolute Gasteiger partial charge is 0.253 e. The fraction of sp³-hybridized carbons (Fsp3) is 0.353. The van der Waals surface area contributed by atoms with Gasteiger partial charge in [0.2, 0.25) is 0 Å². The van der Waals surface area contributed by atoms with E-state index < -0.39 is 0 Å². The Morgan fingerprint density at radius 3 is 2.78 bits per heavy atom. The van der Waals surface area contributed by atoms with Crippen molar-refractivity contribution in [2.75, 3.05) is 0 Å². The van der Waals surface area contributed by atoms with Crippen LogP contribution in [0, 0.1) is 6.92 Å². The summed E-state index contributed by atoms with van der Waals surface area (Å²) in [6, 6.07) is 8.16. The lowest BCUT2D eigenvalue weighted by Crippen LogP contribution is -2.25. The summed E-state index contributed by atoms with van der Waals surface area (Å²) in [7, 11) is 0. The van der Waals surface area contributed by atoms with E-state index in [2.05, 4.69) is 39.0 Å². The standard InChI is InChI=1S/C17H20N4O.ClH/c1-3-16-15(6-11(2)20-21-16)17(22)19-8-12-4-5-13-9-18-10-14(13)7-12;/h4-7,18H,3,8-10H2,1-2H3,(H,19,22);1H. The molecule has 0 aliphatic carbocycles. The molecule has 0 unspecified atom stereocenters. The van der Waals surface area contributed by atoms with E-state index in [9.17, 15) is 4.79 Å². The topological polar surface area (TPSA) is 66.9 Å². The van der Waals surface area contributed by atoms with Gasteiger partial charge < -0.3 is 10.6 Å². The number of amides is 1. The van der Waals surface area contributed by atoms with Crippen LogP contribution < -0.4 is 10.6 Å². The highest BCUT2D eigenvalue weighted by Gasteiger charge is 2.14. The number of halogens is 1. The highest BCUT2D eigenvalue weighted by Crippen LogP contribution is 2.17. The van der Waals surface area contributed by atoms with Crippen molar-refractivity contribution >= 4 is 18.3 Å². The monoisotopic (exact) mass is 332 g/mol. The summed E-state index contributed by atoms with van der Waals surface area (Å²) >= 11 is 0. The Morgan fingerprint density at radius 2 is 2.00 bits per heavy atom. The van der Waals surface area contributed by atoms with Crippen molar-refractivity contribution in [1.29, 1.82) is 0 Å². The number of aromatic nitrogens is 2. The number of fused-ring (bicyclic) bond motifs is 1. The van der Waals surface area contributed by atoms with E-state index in [1.54, 1.807) is 6.07 Å². The van der Waals surface area contributed by atoms with Crippen LogP contribution in [0.15, 0.2) is 24.3 Å². The van der Waals surface area contributed by atoms with Crippen LogP contribution in [-0.4, -0.2) is 16.1 Å². The number of nitrogens with zero attached hydrogens (tertiary/aromatic N) is 2. The van der Waals surface area contributed by atoms with Gasteiger partial charge in [-0.15, -0.1) is 12.4 Å². The largest absolute Gasteiger partial charge is 0.348 e. The average molecular weight is 333 g/mol. The second-order valence-electron chi connectivity index (χ2n) is 5.59. The van der Waals surface area contributed by atoms with E-state index in [1.807, 2.05) is 13.8 Å². The Bertz CT molecular complexity index is 718. The number of rotatable bonds is 4. The van der Waals surface area contributed by atoms with Crippen LogP contribution in [-0.2, 0) is 26.1 Å². The third-order valence-electron chi connectivity index (χ3n) is 3.93. The Kier molecular flexibility index (Phi) is 5.69. The molecule has 1 aliphatic rings. The van der Waals surface area contributed by atoms with Crippen molar-refractivity contribution in [2.45, 2.75) is 39.9 Å². The summed E-state index contributed by atoms with van der Waals surface area (Å²) in [5, 5.41) is 14.4. The van der Waals surface area contributed by atoms with Crippen molar-refractivity contribution < 1.29 is 4.79 Å². The molecule has 6 heteroatoms. The van der Waals surface area contributed by atoms with Crippen LogP contribution in [0.3, 0.4) is 0 Å². The highest BCUT2D eigenvalue weighted by molar-refractivity contribution is 5.95. The van der Waals surface area contributed by atoms with E-state index in [4.69, 9.17) is 0 Å². The van der Waals surface area contributed by atoms with Gasteiger partial charge >= 0.3 is 0 Å². The Morgan fingerprint density at radius 1 is 1.22 bits per heavy atom. The van der Waals surface area contributed by atoms with E-state index in [0.29, 0.717) is 18.5 Å². The molecule has 0 fully saturated rings. The molecule has 1 aliphatic heterocycles. The van der Waals surface area contributed by atoms with Gasteiger partial charge in [0.15, 0.2) is 0 Å². The summed E-state index contributed by atoms with van der Waals surface area (Å²) in [6.45, 7) is 6.19. The van der Waals surface area contributed by atoms with Gasteiger partial charge in [0.05, 0.1) is 17.0 Å². The maximum atomic E-state index is 12.4. The lowest BCUT2D eigenvalue weighted by Gasteiger charge is -2.09. The van der Waals surface area contributed by atoms with Gasteiger partial charge in [0.25, 0.3) is 5.91 Å². The third kappa shape index (κ3) is 3.86. The molecule has 0 bridgehead atoms. The van der Waals surface area contributed by atoms with Crippen molar-refractivity contribution in [3.05, 3.63) is 57.9 Å². The molecule has 1 aromatic carbocycles. The predicted molar refractivity (Wildman–Crippen MR) is 91.6 cm³/mol. The van der Waals surface area contributed by atoms with Crippen LogP contribution in [0.1, 0.15) is 45.4 Å². The summed E-state index contributed by atoms with van der Waals surface area (Å²) in [5.41, 5.74) is 5.90. The van der Waals surface area contributed by atoms with E-state index in [1.165, 1.54) is 11.1 Å². The number of carbonyl (C=O) groups is 1. The minimum atomic E-state index is -0.0894. The van der Waals surface area contributed by atoms with E-state index >= 15 is 0 Å². The molecule has 0 radical (unpaired) electrons. The second kappa shape index (κ2) is 7.53. The summed E-state index contributed by atoms with van der Waals surface area (Å²) in [4.78, 5) is 12.4. The summed E-state index contributed by atoms with van der Waals surface area (Å²) in [6.07, 6.45) is 0.695. The van der Waals surface area contributed by atoms with E-state index in [0.717, 1.165) is 30.0 Å². The van der Waals surface area contributed by atoms with Gasteiger partial charge in [-0.3, -0.25) is 4.79 Å². The number of benzene rings is 1. The quantitative estimate of drug-likeness (QED) is 0.901. The fourth-order valence-electron chi connectivity index (χ4n) is 2.71. The number of carbonyl (C=O) groups excluding carboxylic acids is 1. The first-order chi connectivity index (χ1) is 10.7. The van der Waals surface area contributed by atoms with Gasteiger partial charge in [0.1, 0.15) is 0 Å². The zero-order valence-corrected chi connectivity index (χ0v) is 14.2. The highest BCUT2D eigenvalue weighted by atomic mass is 35.5.